The fourth-order valence-corrected chi connectivity index (χ4v) is 7.56. The number of hydrogen-bond acceptors (Lipinski definition) is 2. The van der Waals surface area contributed by atoms with E-state index in [-0.39, 0.29) is 0 Å². The monoisotopic (exact) mass is 344 g/mol. The van der Waals surface area contributed by atoms with E-state index in [0.717, 1.165) is 21.0 Å². The summed E-state index contributed by atoms with van der Waals surface area (Å²) in [4.78, 5) is 0. The van der Waals surface area contributed by atoms with Gasteiger partial charge in [0.2, 0.25) is 0 Å². The van der Waals surface area contributed by atoms with Gasteiger partial charge in [0.25, 0.3) is 0 Å². The lowest BCUT2D eigenvalue weighted by Gasteiger charge is -2.41. The smallest absolute Gasteiger partial charge is 0.0169 e. The van der Waals surface area contributed by atoms with Crippen molar-refractivity contribution in [1.29, 1.82) is 0 Å². The standard InChI is InChI=1S/C20H40S2/c1-5-9-13-17-18(14-10-6-2)22-20(16-12-8-4)19(21-17)15-11-7-3/h17-20H,5-16H2,1-4H3. The number of unbranched alkanes of at least 4 members (excludes halogenated alkanes) is 4. The summed E-state index contributed by atoms with van der Waals surface area (Å²) >= 11 is 4.82. The van der Waals surface area contributed by atoms with E-state index >= 15 is 0 Å². The second kappa shape index (κ2) is 13.0. The normalized spacial score (nSPS) is 28.9. The molecule has 4 unspecified atom stereocenters. The minimum absolute atomic E-state index is 0.941. The van der Waals surface area contributed by atoms with Crippen LogP contribution in [0.25, 0.3) is 0 Å². The van der Waals surface area contributed by atoms with Crippen molar-refractivity contribution in [3.05, 3.63) is 0 Å². The van der Waals surface area contributed by atoms with Crippen molar-refractivity contribution in [3.63, 3.8) is 0 Å². The summed E-state index contributed by atoms with van der Waals surface area (Å²) in [5.41, 5.74) is 0. The number of hydrogen-bond donors (Lipinski definition) is 0. The van der Waals surface area contributed by atoms with Crippen LogP contribution in [0, 0.1) is 0 Å². The SMILES string of the molecule is CCCCC1SC(CCCC)C(CCCC)SC1CCCC. The third-order valence-corrected chi connectivity index (χ3v) is 8.90. The highest BCUT2D eigenvalue weighted by atomic mass is 32.2. The zero-order valence-corrected chi connectivity index (χ0v) is 17.2. The molecule has 0 saturated carbocycles. The van der Waals surface area contributed by atoms with Gasteiger partial charge in [-0.05, 0) is 25.7 Å². The summed E-state index contributed by atoms with van der Waals surface area (Å²) in [6.07, 6.45) is 17.0. The molecule has 2 heteroatoms. The third-order valence-electron chi connectivity index (χ3n) is 4.90. The van der Waals surface area contributed by atoms with Crippen molar-refractivity contribution >= 4 is 23.5 Å². The zero-order chi connectivity index (χ0) is 16.2. The Morgan fingerprint density at radius 1 is 0.455 bits per heavy atom. The van der Waals surface area contributed by atoms with Crippen LogP contribution in [0.15, 0.2) is 0 Å². The van der Waals surface area contributed by atoms with Gasteiger partial charge in [-0.2, -0.15) is 23.5 Å². The van der Waals surface area contributed by atoms with Gasteiger partial charge in [-0.25, -0.2) is 0 Å². The second-order valence-electron chi connectivity index (χ2n) is 6.99. The molecule has 0 nitrogen and oxygen atoms in total. The zero-order valence-electron chi connectivity index (χ0n) is 15.6. The summed E-state index contributed by atoms with van der Waals surface area (Å²) in [6, 6.07) is 0. The molecule has 0 spiro atoms. The average molecular weight is 345 g/mol. The Hall–Kier alpha value is 0.700. The maximum atomic E-state index is 2.41. The van der Waals surface area contributed by atoms with Crippen LogP contribution in [-0.4, -0.2) is 21.0 Å². The molecule has 0 radical (unpaired) electrons. The molecule has 0 amide bonds. The van der Waals surface area contributed by atoms with Crippen molar-refractivity contribution in [3.8, 4) is 0 Å². The van der Waals surface area contributed by atoms with Gasteiger partial charge in [0.05, 0.1) is 0 Å². The molecule has 1 saturated heterocycles. The topological polar surface area (TPSA) is 0 Å². The molecule has 0 bridgehead atoms. The van der Waals surface area contributed by atoms with Crippen LogP contribution in [0.1, 0.15) is 105 Å². The Morgan fingerprint density at radius 2 is 0.682 bits per heavy atom. The molecule has 0 aromatic rings. The minimum Gasteiger partial charge on any atom is -0.153 e. The van der Waals surface area contributed by atoms with Gasteiger partial charge < -0.3 is 0 Å². The first-order valence-electron chi connectivity index (χ1n) is 10.1. The van der Waals surface area contributed by atoms with E-state index in [4.69, 9.17) is 0 Å². The van der Waals surface area contributed by atoms with E-state index in [0.29, 0.717) is 0 Å². The summed E-state index contributed by atoms with van der Waals surface area (Å²) in [5.74, 6) is 0. The van der Waals surface area contributed by atoms with E-state index in [9.17, 15) is 0 Å². The Labute approximate surface area is 149 Å². The first kappa shape index (κ1) is 20.7. The highest BCUT2D eigenvalue weighted by Gasteiger charge is 2.36. The maximum absolute atomic E-state index is 2.41. The maximum Gasteiger partial charge on any atom is 0.0169 e. The van der Waals surface area contributed by atoms with Gasteiger partial charge in [-0.1, -0.05) is 79.1 Å². The molecule has 0 aromatic carbocycles. The van der Waals surface area contributed by atoms with Gasteiger partial charge in [0, 0.05) is 21.0 Å². The lowest BCUT2D eigenvalue weighted by molar-refractivity contribution is 0.564. The Bertz CT molecular complexity index is 204. The first-order valence-corrected chi connectivity index (χ1v) is 12.0. The molecule has 132 valence electrons. The molecule has 0 N–H and O–H groups in total. The molecule has 0 aliphatic carbocycles. The molecule has 1 fully saturated rings. The van der Waals surface area contributed by atoms with Gasteiger partial charge in [-0.3, -0.25) is 0 Å². The van der Waals surface area contributed by atoms with Crippen molar-refractivity contribution in [1.82, 2.24) is 0 Å². The molecular weight excluding hydrogens is 304 g/mol. The van der Waals surface area contributed by atoms with Crippen LogP contribution in [0.4, 0.5) is 0 Å². The second-order valence-corrected chi connectivity index (χ2v) is 9.96. The highest BCUT2D eigenvalue weighted by molar-refractivity contribution is 8.07. The molecule has 1 rings (SSSR count). The lowest BCUT2D eigenvalue weighted by atomic mass is 10.1. The Balaban J connectivity index is 2.65. The van der Waals surface area contributed by atoms with Crippen LogP contribution in [0.5, 0.6) is 0 Å². The van der Waals surface area contributed by atoms with Crippen LogP contribution in [0.2, 0.25) is 0 Å². The fourth-order valence-electron chi connectivity index (χ4n) is 3.44. The molecule has 22 heavy (non-hydrogen) atoms. The summed E-state index contributed by atoms with van der Waals surface area (Å²) in [7, 11) is 0. The van der Waals surface area contributed by atoms with Crippen LogP contribution >= 0.6 is 23.5 Å². The van der Waals surface area contributed by atoms with E-state index in [1.54, 1.807) is 0 Å². The van der Waals surface area contributed by atoms with Crippen LogP contribution in [-0.2, 0) is 0 Å². The van der Waals surface area contributed by atoms with Crippen LogP contribution < -0.4 is 0 Å². The summed E-state index contributed by atoms with van der Waals surface area (Å²) in [6.45, 7) is 9.39. The van der Waals surface area contributed by atoms with Gasteiger partial charge in [0.15, 0.2) is 0 Å². The molecule has 4 atom stereocenters. The van der Waals surface area contributed by atoms with Crippen LogP contribution in [0.3, 0.4) is 0 Å². The Morgan fingerprint density at radius 3 is 0.864 bits per heavy atom. The van der Waals surface area contributed by atoms with Gasteiger partial charge in [0.1, 0.15) is 0 Å². The predicted molar refractivity (Wildman–Crippen MR) is 108 cm³/mol. The molecular formula is C20H40S2. The van der Waals surface area contributed by atoms with Crippen molar-refractivity contribution < 1.29 is 0 Å². The average Bonchev–Trinajstić information content (AvgIpc) is 2.55. The summed E-state index contributed by atoms with van der Waals surface area (Å²) in [5, 5.41) is 3.76. The van der Waals surface area contributed by atoms with Crippen molar-refractivity contribution in [2.75, 3.05) is 0 Å². The van der Waals surface area contributed by atoms with E-state index in [1.807, 2.05) is 0 Å². The fraction of sp³-hybridized carbons (Fsp3) is 1.00. The van der Waals surface area contributed by atoms with Gasteiger partial charge >= 0.3 is 0 Å². The molecule has 1 aliphatic heterocycles. The first-order chi connectivity index (χ1) is 10.8. The lowest BCUT2D eigenvalue weighted by Crippen LogP contribution is -2.36. The molecule has 1 heterocycles. The van der Waals surface area contributed by atoms with Crippen molar-refractivity contribution in [2.45, 2.75) is 126 Å². The van der Waals surface area contributed by atoms with Crippen molar-refractivity contribution in [2.24, 2.45) is 0 Å². The molecule has 1 aliphatic rings. The quantitative estimate of drug-likeness (QED) is 0.355. The van der Waals surface area contributed by atoms with E-state index < -0.39 is 0 Å². The Kier molecular flexibility index (Phi) is 12.3. The largest absolute Gasteiger partial charge is 0.153 e. The summed E-state index contributed by atoms with van der Waals surface area (Å²) < 4.78 is 0. The highest BCUT2D eigenvalue weighted by Crippen LogP contribution is 2.47. The van der Waals surface area contributed by atoms with E-state index in [1.165, 1.54) is 77.0 Å². The minimum atomic E-state index is 0.941. The molecule has 0 aromatic heterocycles. The number of thioether (sulfide) groups is 2. The predicted octanol–water partition coefficient (Wildman–Crippen LogP) is 7.70. The number of rotatable bonds is 12. The third kappa shape index (κ3) is 7.51. The van der Waals surface area contributed by atoms with E-state index in [2.05, 4.69) is 51.2 Å². The van der Waals surface area contributed by atoms with Gasteiger partial charge in [-0.15, -0.1) is 0 Å².